The Labute approximate surface area is 200 Å². The van der Waals surface area contributed by atoms with Crippen LogP contribution >= 0.6 is 0 Å². The van der Waals surface area contributed by atoms with E-state index in [2.05, 4.69) is 0 Å². The van der Waals surface area contributed by atoms with Crippen molar-refractivity contribution < 1.29 is 23.2 Å². The molecule has 0 saturated heterocycles. The second-order valence-corrected chi connectivity index (χ2v) is 8.60. The molecule has 0 amide bonds. The van der Waals surface area contributed by atoms with E-state index < -0.39 is 22.1 Å². The number of nitrogens with zero attached hydrogens (tertiary/aromatic N) is 2. The lowest BCUT2D eigenvalue weighted by Gasteiger charge is -2.31. The van der Waals surface area contributed by atoms with Crippen LogP contribution in [0.4, 0.5) is 11.4 Å². The largest absolute Gasteiger partial charge is 0.755 e. The van der Waals surface area contributed by atoms with Gasteiger partial charge in [-0.05, 0) is 36.1 Å². The van der Waals surface area contributed by atoms with E-state index in [4.69, 9.17) is 4.74 Å². The monoisotopic (exact) mass is 481 g/mol. The summed E-state index contributed by atoms with van der Waals surface area (Å²) in [7, 11) is 1.35. The smallest absolute Gasteiger partial charge is 0.313 e. The van der Waals surface area contributed by atoms with Gasteiger partial charge in [0.1, 0.15) is 0 Å². The molecule has 0 N–H and O–H groups in total. The quantitative estimate of drug-likeness (QED) is 0.170. The van der Waals surface area contributed by atoms with Crippen LogP contribution in [0.5, 0.6) is 0 Å². The van der Waals surface area contributed by atoms with Gasteiger partial charge in [-0.3, -0.25) is 19.1 Å². The van der Waals surface area contributed by atoms with Crippen molar-refractivity contribution in [1.82, 2.24) is 0 Å². The number of methoxy groups -OCH3 is 1. The first-order valence-corrected chi connectivity index (χ1v) is 11.7. The predicted octanol–water partition coefficient (Wildman–Crippen LogP) is 4.72. The molecule has 3 atom stereocenters. The van der Waals surface area contributed by atoms with Gasteiger partial charge < -0.3 is 13.6 Å². The van der Waals surface area contributed by atoms with Crippen LogP contribution in [0.25, 0.3) is 0 Å². The van der Waals surface area contributed by atoms with Crippen LogP contribution in [0, 0.1) is 10.1 Å². The molecule has 178 valence electrons. The third kappa shape index (κ3) is 6.49. The first kappa shape index (κ1) is 25.1. The third-order valence-corrected chi connectivity index (χ3v) is 6.40. The fourth-order valence-electron chi connectivity index (χ4n) is 3.90. The zero-order valence-corrected chi connectivity index (χ0v) is 19.4. The normalized spacial score (nSPS) is 13.5. The molecule has 0 heterocycles. The van der Waals surface area contributed by atoms with E-state index in [9.17, 15) is 23.7 Å². The summed E-state index contributed by atoms with van der Waals surface area (Å²) in [6, 6.07) is 24.2. The molecule has 9 heteroatoms. The molecule has 3 aromatic carbocycles. The first-order valence-electron chi connectivity index (χ1n) is 10.7. The first-order chi connectivity index (χ1) is 16.4. The number of nitro benzene ring substituents is 1. The van der Waals surface area contributed by atoms with Gasteiger partial charge in [0, 0.05) is 41.5 Å². The molecule has 3 unspecified atom stereocenters. The molecule has 0 aliphatic carbocycles. The van der Waals surface area contributed by atoms with Crippen LogP contribution in [0.3, 0.4) is 0 Å². The number of hydrogen-bond acceptors (Lipinski definition) is 6. The molecule has 0 aromatic heterocycles. The Hall–Kier alpha value is -3.56. The van der Waals surface area contributed by atoms with Crippen molar-refractivity contribution in [2.75, 3.05) is 18.0 Å². The van der Waals surface area contributed by atoms with Crippen molar-refractivity contribution >= 4 is 28.6 Å². The molecular weight excluding hydrogens is 456 g/mol. The van der Waals surface area contributed by atoms with Crippen LogP contribution in [0.1, 0.15) is 35.8 Å². The van der Waals surface area contributed by atoms with Crippen molar-refractivity contribution in [1.29, 1.82) is 0 Å². The second-order valence-electron chi connectivity index (χ2n) is 7.72. The van der Waals surface area contributed by atoms with Crippen molar-refractivity contribution in [3.63, 3.8) is 0 Å². The van der Waals surface area contributed by atoms with E-state index in [0.29, 0.717) is 18.5 Å². The van der Waals surface area contributed by atoms with E-state index >= 15 is 0 Å². The molecule has 0 saturated carbocycles. The van der Waals surface area contributed by atoms with E-state index in [0.717, 1.165) is 11.1 Å². The summed E-state index contributed by atoms with van der Waals surface area (Å²) in [6.45, 7) is 0.112. The summed E-state index contributed by atoms with van der Waals surface area (Å²) >= 11 is -2.60. The SMILES string of the molecule is COC(=O)C(CCC(CN(c1ccc([N+](=O)[O-])cc1)S(=O)[O-])c1ccccc1)c1ccccc1. The zero-order chi connectivity index (χ0) is 24.5. The second kappa shape index (κ2) is 12.1. The van der Waals surface area contributed by atoms with E-state index in [1.54, 1.807) is 0 Å². The minimum atomic E-state index is -2.60. The Morgan fingerprint density at radius 3 is 2.00 bits per heavy atom. The van der Waals surface area contributed by atoms with Gasteiger partial charge in [0.05, 0.1) is 18.0 Å². The number of benzene rings is 3. The van der Waals surface area contributed by atoms with Crippen molar-refractivity contribution in [2.45, 2.75) is 24.7 Å². The highest BCUT2D eigenvalue weighted by Crippen LogP contribution is 2.31. The number of anilines is 1. The van der Waals surface area contributed by atoms with Gasteiger partial charge in [0.2, 0.25) is 0 Å². The summed E-state index contributed by atoms with van der Waals surface area (Å²) in [5, 5.41) is 11.0. The molecule has 3 rings (SSSR count). The lowest BCUT2D eigenvalue weighted by Crippen LogP contribution is -2.31. The maximum atomic E-state index is 12.5. The zero-order valence-electron chi connectivity index (χ0n) is 18.6. The number of nitro groups is 1. The number of hydrogen-bond donors (Lipinski definition) is 0. The number of carbonyl (C=O) groups is 1. The Kier molecular flexibility index (Phi) is 8.89. The lowest BCUT2D eigenvalue weighted by atomic mass is 9.87. The summed E-state index contributed by atoms with van der Waals surface area (Å²) < 4.78 is 30.4. The molecule has 0 fully saturated rings. The molecule has 34 heavy (non-hydrogen) atoms. The van der Waals surface area contributed by atoms with Gasteiger partial charge >= 0.3 is 5.97 Å². The van der Waals surface area contributed by atoms with Crippen molar-refractivity contribution in [3.05, 3.63) is 106 Å². The number of esters is 1. The number of non-ortho nitro benzene ring substituents is 1. The molecule has 0 radical (unpaired) electrons. The van der Waals surface area contributed by atoms with Gasteiger partial charge in [-0.15, -0.1) is 0 Å². The van der Waals surface area contributed by atoms with Crippen LogP contribution in [-0.2, 0) is 20.8 Å². The summed E-state index contributed by atoms with van der Waals surface area (Å²) in [5.74, 6) is -1.06. The van der Waals surface area contributed by atoms with Crippen molar-refractivity contribution in [2.24, 2.45) is 0 Å². The maximum Gasteiger partial charge on any atom is 0.313 e. The van der Waals surface area contributed by atoms with Crippen LogP contribution in [-0.4, -0.2) is 33.3 Å². The fraction of sp³-hybridized carbons (Fsp3) is 0.240. The Bertz CT molecular complexity index is 1110. The highest BCUT2D eigenvalue weighted by molar-refractivity contribution is 7.80. The fourth-order valence-corrected chi connectivity index (χ4v) is 4.49. The Morgan fingerprint density at radius 1 is 0.941 bits per heavy atom. The molecule has 0 spiro atoms. The number of ether oxygens (including phenoxy) is 1. The molecule has 3 aromatic rings. The van der Waals surface area contributed by atoms with Crippen LogP contribution in [0.2, 0.25) is 0 Å². The van der Waals surface area contributed by atoms with Crippen LogP contribution < -0.4 is 4.31 Å². The third-order valence-electron chi connectivity index (χ3n) is 5.68. The van der Waals surface area contributed by atoms with E-state index in [-0.39, 0.29) is 24.1 Å². The highest BCUT2D eigenvalue weighted by Gasteiger charge is 2.25. The topological polar surface area (TPSA) is 113 Å². The lowest BCUT2D eigenvalue weighted by molar-refractivity contribution is -0.384. The molecule has 8 nitrogen and oxygen atoms in total. The Balaban J connectivity index is 1.87. The number of carbonyl (C=O) groups excluding carboxylic acids is 1. The van der Waals surface area contributed by atoms with Crippen LogP contribution in [0.15, 0.2) is 84.9 Å². The van der Waals surface area contributed by atoms with Gasteiger partial charge in [-0.25, -0.2) is 0 Å². The highest BCUT2D eigenvalue weighted by atomic mass is 32.2. The molecule has 0 aliphatic rings. The molecule has 0 bridgehead atoms. The minimum Gasteiger partial charge on any atom is -0.755 e. The van der Waals surface area contributed by atoms with Gasteiger partial charge in [0.25, 0.3) is 5.69 Å². The van der Waals surface area contributed by atoms with E-state index in [1.165, 1.54) is 35.7 Å². The minimum absolute atomic E-state index is 0.112. The standard InChI is InChI=1S/C25H26N2O6S/c1-33-25(28)24(20-10-6-3-7-11-20)17-12-21(19-8-4-2-5-9-19)18-26(34(31)32)22-13-15-23(16-14-22)27(29)30/h2-11,13-16,21,24H,12,17-18H2,1H3,(H,31,32)/p-1. The Morgan fingerprint density at radius 2 is 1.50 bits per heavy atom. The van der Waals surface area contributed by atoms with Gasteiger partial charge in [-0.2, -0.15) is 0 Å². The predicted molar refractivity (Wildman–Crippen MR) is 129 cm³/mol. The average Bonchev–Trinajstić information content (AvgIpc) is 2.86. The summed E-state index contributed by atoms with van der Waals surface area (Å²) in [6.07, 6.45) is 0.967. The van der Waals surface area contributed by atoms with Gasteiger partial charge in [0.15, 0.2) is 0 Å². The maximum absolute atomic E-state index is 12.5. The van der Waals surface area contributed by atoms with Gasteiger partial charge in [-0.1, -0.05) is 60.7 Å². The van der Waals surface area contributed by atoms with Crippen molar-refractivity contribution in [3.8, 4) is 0 Å². The molecule has 0 aliphatic heterocycles. The van der Waals surface area contributed by atoms with E-state index in [1.807, 2.05) is 60.7 Å². The average molecular weight is 482 g/mol. The number of rotatable bonds is 11. The molecular formula is C25H25N2O6S-. The summed E-state index contributed by atoms with van der Waals surface area (Å²) in [5.41, 5.74) is 1.97. The summed E-state index contributed by atoms with van der Waals surface area (Å²) in [4.78, 5) is 22.9.